The van der Waals surface area contributed by atoms with Crippen molar-refractivity contribution in [2.24, 2.45) is 0 Å². The largest absolute Gasteiger partial charge is 0.361 e. The van der Waals surface area contributed by atoms with E-state index in [2.05, 4.69) is 38.6 Å². The van der Waals surface area contributed by atoms with Gasteiger partial charge in [0.15, 0.2) is 5.11 Å². The number of anilines is 1. The zero-order chi connectivity index (χ0) is 13.5. The Balaban J connectivity index is 1.82. The fraction of sp³-hybridized carbons (Fsp3) is 0.143. The first-order chi connectivity index (χ1) is 9.27. The number of thiocarbonyl (C=S) groups is 1. The average molecular weight is 336 g/mol. The molecule has 1 heterocycles. The number of rotatable bonds is 4. The highest BCUT2D eigenvalue weighted by Gasteiger charge is 2.08. The summed E-state index contributed by atoms with van der Waals surface area (Å²) in [4.78, 5) is 4.22. The van der Waals surface area contributed by atoms with Crippen molar-refractivity contribution in [3.05, 3.63) is 60.3 Å². The molecular weight excluding hydrogens is 322 g/mol. The van der Waals surface area contributed by atoms with Crippen LogP contribution in [0.15, 0.2) is 54.7 Å². The fourth-order valence-electron chi connectivity index (χ4n) is 1.60. The highest BCUT2D eigenvalue weighted by Crippen LogP contribution is 2.13. The second-order valence-electron chi connectivity index (χ2n) is 3.94. The minimum atomic E-state index is 0.606. The lowest BCUT2D eigenvalue weighted by atomic mass is 10.1. The average Bonchev–Trinajstić information content (AvgIpc) is 2.48. The van der Waals surface area contributed by atoms with Gasteiger partial charge in [-0.05, 0) is 36.3 Å². The van der Waals surface area contributed by atoms with E-state index in [-0.39, 0.29) is 0 Å². The Labute approximate surface area is 127 Å². The van der Waals surface area contributed by atoms with Crippen LogP contribution in [0.3, 0.4) is 0 Å². The van der Waals surface area contributed by atoms with Crippen molar-refractivity contribution in [1.29, 1.82) is 0 Å². The van der Waals surface area contributed by atoms with E-state index in [0.717, 1.165) is 18.8 Å². The number of halogens is 1. The van der Waals surface area contributed by atoms with Crippen LogP contribution in [0.2, 0.25) is 0 Å². The molecule has 2 aromatic rings. The zero-order valence-corrected chi connectivity index (χ0v) is 12.7. The summed E-state index contributed by atoms with van der Waals surface area (Å²) in [6.07, 6.45) is 2.67. The Bertz CT molecular complexity index is 519. The monoisotopic (exact) mass is 335 g/mol. The van der Waals surface area contributed by atoms with Gasteiger partial charge in [0.25, 0.3) is 0 Å². The van der Waals surface area contributed by atoms with Crippen LogP contribution in [-0.4, -0.2) is 16.6 Å². The van der Waals surface area contributed by atoms with Gasteiger partial charge >= 0.3 is 0 Å². The van der Waals surface area contributed by atoms with Crippen LogP contribution in [0, 0.1) is 0 Å². The molecule has 0 fully saturated rings. The van der Waals surface area contributed by atoms with Crippen LogP contribution < -0.4 is 9.24 Å². The number of benzene rings is 1. The zero-order valence-electron chi connectivity index (χ0n) is 10.3. The topological polar surface area (TPSA) is 28.2 Å². The molecule has 1 aromatic carbocycles. The second-order valence-corrected chi connectivity index (χ2v) is 5.03. The third-order valence-electron chi connectivity index (χ3n) is 2.56. The Morgan fingerprint density at radius 2 is 1.89 bits per heavy atom. The van der Waals surface area contributed by atoms with Crippen molar-refractivity contribution in [2.45, 2.75) is 6.42 Å². The maximum Gasteiger partial charge on any atom is 0.185 e. The SMILES string of the molecule is S=C(NCCc1ccccc1)N(Br)c1ccccn1. The normalized spacial score (nSPS) is 9.95. The van der Waals surface area contributed by atoms with E-state index in [9.17, 15) is 0 Å². The first-order valence-electron chi connectivity index (χ1n) is 5.96. The summed E-state index contributed by atoms with van der Waals surface area (Å²) < 4.78 is 1.69. The van der Waals surface area contributed by atoms with E-state index in [0.29, 0.717) is 5.11 Å². The van der Waals surface area contributed by atoms with Gasteiger partial charge < -0.3 is 5.32 Å². The molecule has 19 heavy (non-hydrogen) atoms. The van der Waals surface area contributed by atoms with E-state index in [4.69, 9.17) is 12.2 Å². The molecule has 0 spiro atoms. The van der Waals surface area contributed by atoms with Crippen LogP contribution in [0.1, 0.15) is 5.56 Å². The third-order valence-corrected chi connectivity index (χ3v) is 3.84. The van der Waals surface area contributed by atoms with Crippen LogP contribution in [0.25, 0.3) is 0 Å². The van der Waals surface area contributed by atoms with Gasteiger partial charge in [-0.25, -0.2) is 8.91 Å². The summed E-state index contributed by atoms with van der Waals surface area (Å²) in [7, 11) is 0. The molecule has 0 aliphatic carbocycles. The molecule has 3 nitrogen and oxygen atoms in total. The lowest BCUT2D eigenvalue weighted by Gasteiger charge is -2.17. The Hall–Kier alpha value is -1.46. The summed E-state index contributed by atoms with van der Waals surface area (Å²) in [6.45, 7) is 0.789. The van der Waals surface area contributed by atoms with Crippen molar-refractivity contribution >= 4 is 39.3 Å². The van der Waals surface area contributed by atoms with E-state index in [1.807, 2.05) is 36.4 Å². The molecule has 0 aliphatic rings. The molecule has 0 unspecified atom stereocenters. The number of hydrogen-bond donors (Lipinski definition) is 1. The quantitative estimate of drug-likeness (QED) is 0.685. The maximum absolute atomic E-state index is 5.30. The molecule has 0 saturated carbocycles. The van der Waals surface area contributed by atoms with Gasteiger partial charge in [-0.15, -0.1) is 0 Å². The molecule has 5 heteroatoms. The van der Waals surface area contributed by atoms with Crippen molar-refractivity contribution < 1.29 is 0 Å². The minimum Gasteiger partial charge on any atom is -0.361 e. The fourth-order valence-corrected chi connectivity index (χ4v) is 2.13. The van der Waals surface area contributed by atoms with Crippen molar-refractivity contribution in [2.75, 3.05) is 10.5 Å². The number of pyridine rings is 1. The van der Waals surface area contributed by atoms with Gasteiger partial charge in [0, 0.05) is 12.7 Å². The van der Waals surface area contributed by atoms with Crippen LogP contribution >= 0.6 is 28.4 Å². The molecule has 0 bridgehead atoms. The van der Waals surface area contributed by atoms with Gasteiger partial charge in [0.1, 0.15) is 5.82 Å². The van der Waals surface area contributed by atoms with Crippen LogP contribution in [0.4, 0.5) is 5.82 Å². The van der Waals surface area contributed by atoms with E-state index in [1.165, 1.54) is 5.56 Å². The van der Waals surface area contributed by atoms with E-state index in [1.54, 1.807) is 10.1 Å². The van der Waals surface area contributed by atoms with Gasteiger partial charge in [-0.2, -0.15) is 0 Å². The second kappa shape index (κ2) is 7.21. The number of nitrogens with one attached hydrogen (secondary N) is 1. The molecule has 0 saturated heterocycles. The Morgan fingerprint density at radius 1 is 1.16 bits per heavy atom. The summed E-state index contributed by atoms with van der Waals surface area (Å²) in [5, 5.41) is 3.81. The van der Waals surface area contributed by atoms with Gasteiger partial charge in [-0.3, -0.25) is 0 Å². The van der Waals surface area contributed by atoms with Gasteiger partial charge in [0.2, 0.25) is 0 Å². The molecule has 0 amide bonds. The van der Waals surface area contributed by atoms with Crippen molar-refractivity contribution in [3.8, 4) is 0 Å². The summed E-state index contributed by atoms with van der Waals surface area (Å²) in [6, 6.07) is 16.0. The Kier molecular flexibility index (Phi) is 5.30. The van der Waals surface area contributed by atoms with E-state index < -0.39 is 0 Å². The maximum atomic E-state index is 5.30. The van der Waals surface area contributed by atoms with Crippen LogP contribution in [0.5, 0.6) is 0 Å². The molecule has 1 aromatic heterocycles. The van der Waals surface area contributed by atoms with Crippen LogP contribution in [-0.2, 0) is 6.42 Å². The molecule has 1 N–H and O–H groups in total. The molecule has 0 atom stereocenters. The standard InChI is InChI=1S/C14H14BrN3S/c15-18(13-8-4-5-10-16-13)14(19)17-11-9-12-6-2-1-3-7-12/h1-8,10H,9,11H2,(H,17,19). The predicted molar refractivity (Wildman–Crippen MR) is 86.4 cm³/mol. The smallest absolute Gasteiger partial charge is 0.185 e. The third kappa shape index (κ3) is 4.29. The summed E-state index contributed by atoms with van der Waals surface area (Å²) in [5.74, 6) is 0.764. The first-order valence-corrected chi connectivity index (χ1v) is 7.08. The minimum absolute atomic E-state index is 0.606. The highest BCUT2D eigenvalue weighted by atomic mass is 79.9. The number of nitrogens with zero attached hydrogens (tertiary/aromatic N) is 2. The number of aromatic nitrogens is 1. The summed E-state index contributed by atoms with van der Waals surface area (Å²) in [5.41, 5.74) is 1.29. The lowest BCUT2D eigenvalue weighted by molar-refractivity contribution is 0.869. The molecular formula is C14H14BrN3S. The predicted octanol–water partition coefficient (Wildman–Crippen LogP) is 3.32. The number of hydrogen-bond acceptors (Lipinski definition) is 2. The highest BCUT2D eigenvalue weighted by molar-refractivity contribution is 9.10. The van der Waals surface area contributed by atoms with Crippen molar-refractivity contribution in [1.82, 2.24) is 10.3 Å². The molecule has 98 valence electrons. The van der Waals surface area contributed by atoms with Gasteiger partial charge in [0.05, 0.1) is 16.1 Å². The summed E-state index contributed by atoms with van der Waals surface area (Å²) >= 11 is 8.71. The van der Waals surface area contributed by atoms with Gasteiger partial charge in [-0.1, -0.05) is 36.4 Å². The molecule has 0 radical (unpaired) electrons. The molecule has 0 aliphatic heterocycles. The first kappa shape index (κ1) is 14.0. The molecule has 2 rings (SSSR count). The van der Waals surface area contributed by atoms with E-state index >= 15 is 0 Å². The lowest BCUT2D eigenvalue weighted by Crippen LogP contribution is -2.34. The van der Waals surface area contributed by atoms with Crippen molar-refractivity contribution in [3.63, 3.8) is 0 Å². The Morgan fingerprint density at radius 3 is 2.58 bits per heavy atom.